The molecule has 3 rings (SSSR count). The van der Waals surface area contributed by atoms with Gasteiger partial charge in [0.2, 0.25) is 10.0 Å². The highest BCUT2D eigenvalue weighted by molar-refractivity contribution is 7.92. The van der Waals surface area contributed by atoms with Gasteiger partial charge in [0.1, 0.15) is 0 Å². The monoisotopic (exact) mass is 392 g/mol. The number of carbonyl (C=O) groups excluding carboxylic acids is 1. The highest BCUT2D eigenvalue weighted by Gasteiger charge is 2.27. The number of carbonyl (C=O) groups is 1. The molecule has 0 aliphatic carbocycles. The first-order valence-corrected chi connectivity index (χ1v) is 10.3. The van der Waals surface area contributed by atoms with Gasteiger partial charge in [-0.3, -0.25) is 9.10 Å². The number of hydrogen-bond donors (Lipinski definition) is 1. The van der Waals surface area contributed by atoms with Gasteiger partial charge >= 0.3 is 0 Å². The zero-order chi connectivity index (χ0) is 19.8. The second-order valence-corrected chi connectivity index (χ2v) is 8.42. The molecule has 0 unspecified atom stereocenters. The SMILES string of the molecule is COc1ccc([C@H](C)NC(=O)c2ccc3c(c2)CCN3S(C)(=O)=O)cc1F. The van der Waals surface area contributed by atoms with Crippen LogP contribution in [0, 0.1) is 5.82 Å². The molecule has 1 heterocycles. The van der Waals surface area contributed by atoms with Crippen LogP contribution in [0.2, 0.25) is 0 Å². The maximum Gasteiger partial charge on any atom is 0.251 e. The summed E-state index contributed by atoms with van der Waals surface area (Å²) in [7, 11) is -1.94. The van der Waals surface area contributed by atoms with Crippen molar-refractivity contribution in [3.63, 3.8) is 0 Å². The van der Waals surface area contributed by atoms with Crippen molar-refractivity contribution in [2.75, 3.05) is 24.2 Å². The molecule has 27 heavy (non-hydrogen) atoms. The predicted octanol–water partition coefficient (Wildman–Crippen LogP) is 2.65. The Balaban J connectivity index is 1.76. The highest BCUT2D eigenvalue weighted by Crippen LogP contribution is 2.31. The molecule has 1 amide bonds. The third-order valence-electron chi connectivity index (χ3n) is 4.62. The molecule has 8 heteroatoms. The van der Waals surface area contributed by atoms with E-state index in [0.29, 0.717) is 29.8 Å². The van der Waals surface area contributed by atoms with E-state index in [0.717, 1.165) is 5.56 Å². The van der Waals surface area contributed by atoms with Gasteiger partial charge in [-0.1, -0.05) is 6.07 Å². The fourth-order valence-electron chi connectivity index (χ4n) is 3.17. The molecule has 0 saturated carbocycles. The number of fused-ring (bicyclic) bond motifs is 1. The van der Waals surface area contributed by atoms with Crippen LogP contribution in [0.25, 0.3) is 0 Å². The predicted molar refractivity (Wildman–Crippen MR) is 101 cm³/mol. The number of nitrogens with zero attached hydrogens (tertiary/aromatic N) is 1. The van der Waals surface area contributed by atoms with Gasteiger partial charge in [-0.2, -0.15) is 0 Å². The van der Waals surface area contributed by atoms with Crippen molar-refractivity contribution in [2.45, 2.75) is 19.4 Å². The number of methoxy groups -OCH3 is 1. The zero-order valence-corrected chi connectivity index (χ0v) is 16.1. The van der Waals surface area contributed by atoms with E-state index >= 15 is 0 Å². The first kappa shape index (κ1) is 19.2. The van der Waals surface area contributed by atoms with Crippen LogP contribution < -0.4 is 14.4 Å². The number of rotatable bonds is 5. The van der Waals surface area contributed by atoms with Crippen molar-refractivity contribution >= 4 is 21.6 Å². The Bertz CT molecular complexity index is 991. The Kier molecular flexibility index (Phi) is 5.10. The number of benzene rings is 2. The Morgan fingerprint density at radius 3 is 2.63 bits per heavy atom. The normalized spacial score (nSPS) is 14.6. The third kappa shape index (κ3) is 3.90. The van der Waals surface area contributed by atoms with Gasteiger partial charge in [-0.05, 0) is 54.8 Å². The van der Waals surface area contributed by atoms with E-state index in [1.54, 1.807) is 31.2 Å². The summed E-state index contributed by atoms with van der Waals surface area (Å²) in [5.41, 5.74) is 2.48. The van der Waals surface area contributed by atoms with Crippen molar-refractivity contribution in [2.24, 2.45) is 0 Å². The smallest absolute Gasteiger partial charge is 0.251 e. The lowest BCUT2D eigenvalue weighted by Gasteiger charge is -2.17. The molecule has 0 bridgehead atoms. The lowest BCUT2D eigenvalue weighted by molar-refractivity contribution is 0.0939. The van der Waals surface area contributed by atoms with Crippen LogP contribution in [0.5, 0.6) is 5.75 Å². The van der Waals surface area contributed by atoms with Gasteiger partial charge in [0, 0.05) is 12.1 Å². The molecule has 1 aliphatic heterocycles. The summed E-state index contributed by atoms with van der Waals surface area (Å²) in [6.45, 7) is 2.14. The van der Waals surface area contributed by atoms with Crippen LogP contribution in [0.1, 0.15) is 34.5 Å². The average molecular weight is 392 g/mol. The minimum atomic E-state index is -3.33. The molecule has 1 atom stereocenters. The lowest BCUT2D eigenvalue weighted by Crippen LogP contribution is -2.28. The molecule has 2 aromatic rings. The Morgan fingerprint density at radius 2 is 2.00 bits per heavy atom. The molecule has 0 aromatic heterocycles. The Morgan fingerprint density at radius 1 is 1.26 bits per heavy atom. The molecule has 0 radical (unpaired) electrons. The van der Waals surface area contributed by atoms with Crippen molar-refractivity contribution in [3.05, 3.63) is 58.9 Å². The van der Waals surface area contributed by atoms with Gasteiger partial charge in [-0.15, -0.1) is 0 Å². The zero-order valence-electron chi connectivity index (χ0n) is 15.3. The van der Waals surface area contributed by atoms with Crippen LogP contribution in [0.3, 0.4) is 0 Å². The molecule has 144 valence electrons. The number of anilines is 1. The molecule has 6 nitrogen and oxygen atoms in total. The minimum absolute atomic E-state index is 0.145. The van der Waals surface area contributed by atoms with E-state index in [9.17, 15) is 17.6 Å². The van der Waals surface area contributed by atoms with E-state index in [1.807, 2.05) is 0 Å². The summed E-state index contributed by atoms with van der Waals surface area (Å²) >= 11 is 0. The number of hydrogen-bond acceptors (Lipinski definition) is 4. The summed E-state index contributed by atoms with van der Waals surface area (Å²) in [6.07, 6.45) is 1.72. The Labute approximate surface area is 158 Å². The van der Waals surface area contributed by atoms with E-state index in [1.165, 1.54) is 29.8 Å². The molecule has 2 aromatic carbocycles. The van der Waals surface area contributed by atoms with Crippen molar-refractivity contribution in [1.82, 2.24) is 5.32 Å². The average Bonchev–Trinajstić information content (AvgIpc) is 3.05. The number of amides is 1. The molecule has 0 fully saturated rings. The number of nitrogens with one attached hydrogen (secondary N) is 1. The number of halogens is 1. The first-order valence-electron chi connectivity index (χ1n) is 8.45. The molecule has 0 spiro atoms. The van der Waals surface area contributed by atoms with E-state index in [-0.39, 0.29) is 11.7 Å². The molecular weight excluding hydrogens is 371 g/mol. The fourth-order valence-corrected chi connectivity index (χ4v) is 4.13. The Hall–Kier alpha value is -2.61. The van der Waals surface area contributed by atoms with Gasteiger partial charge in [0.05, 0.1) is 25.1 Å². The third-order valence-corrected chi connectivity index (χ3v) is 5.80. The van der Waals surface area contributed by atoms with Crippen LogP contribution in [0.4, 0.5) is 10.1 Å². The van der Waals surface area contributed by atoms with Gasteiger partial charge in [0.15, 0.2) is 11.6 Å². The van der Waals surface area contributed by atoms with Gasteiger partial charge in [-0.25, -0.2) is 12.8 Å². The highest BCUT2D eigenvalue weighted by atomic mass is 32.2. The van der Waals surface area contributed by atoms with E-state index in [2.05, 4.69) is 5.32 Å². The molecule has 1 aliphatic rings. The maximum atomic E-state index is 13.9. The fraction of sp³-hybridized carbons (Fsp3) is 0.316. The van der Waals surface area contributed by atoms with Crippen LogP contribution in [-0.4, -0.2) is 34.2 Å². The lowest BCUT2D eigenvalue weighted by atomic mass is 10.1. The quantitative estimate of drug-likeness (QED) is 0.849. The van der Waals surface area contributed by atoms with Crippen LogP contribution in [0.15, 0.2) is 36.4 Å². The topological polar surface area (TPSA) is 75.7 Å². The first-order chi connectivity index (χ1) is 12.7. The maximum absolute atomic E-state index is 13.9. The van der Waals surface area contributed by atoms with Crippen LogP contribution in [-0.2, 0) is 16.4 Å². The minimum Gasteiger partial charge on any atom is -0.494 e. The molecular formula is C19H21FN2O4S. The second kappa shape index (κ2) is 7.19. The van der Waals surface area contributed by atoms with Crippen molar-refractivity contribution in [1.29, 1.82) is 0 Å². The summed E-state index contributed by atoms with van der Waals surface area (Å²) in [6, 6.07) is 9.09. The molecule has 0 saturated heterocycles. The van der Waals surface area contributed by atoms with E-state index in [4.69, 9.17) is 4.74 Å². The summed E-state index contributed by atoms with van der Waals surface area (Å²) in [4.78, 5) is 12.6. The standard InChI is InChI=1S/C19H21FN2O4S/c1-12(13-5-7-18(26-2)16(20)11-13)21-19(23)15-4-6-17-14(10-15)8-9-22(17)27(3,24)25/h4-7,10-12H,8-9H2,1-3H3,(H,21,23)/t12-/m0/s1. The largest absolute Gasteiger partial charge is 0.494 e. The number of sulfonamides is 1. The second-order valence-electron chi connectivity index (χ2n) is 6.52. The molecule has 1 N–H and O–H groups in total. The summed E-state index contributed by atoms with van der Waals surface area (Å²) < 4.78 is 43.7. The summed E-state index contributed by atoms with van der Waals surface area (Å²) in [5, 5.41) is 2.83. The van der Waals surface area contributed by atoms with Crippen molar-refractivity contribution in [3.8, 4) is 5.75 Å². The van der Waals surface area contributed by atoms with Crippen LogP contribution >= 0.6 is 0 Å². The van der Waals surface area contributed by atoms with Crippen molar-refractivity contribution < 1.29 is 22.3 Å². The summed E-state index contributed by atoms with van der Waals surface area (Å²) in [5.74, 6) is -0.653. The van der Waals surface area contributed by atoms with Gasteiger partial charge in [0.25, 0.3) is 5.91 Å². The van der Waals surface area contributed by atoms with Gasteiger partial charge < -0.3 is 10.1 Å². The number of ether oxygens (including phenoxy) is 1. The van der Waals surface area contributed by atoms with E-state index < -0.39 is 21.9 Å².